The summed E-state index contributed by atoms with van der Waals surface area (Å²) in [6, 6.07) is 11.5. The van der Waals surface area contributed by atoms with Crippen molar-refractivity contribution < 1.29 is 4.79 Å². The first-order valence-electron chi connectivity index (χ1n) is 5.87. The summed E-state index contributed by atoms with van der Waals surface area (Å²) in [5.41, 5.74) is 0.949. The maximum Gasteiger partial charge on any atom is 0.246 e. The van der Waals surface area contributed by atoms with Gasteiger partial charge in [0.1, 0.15) is 0 Å². The summed E-state index contributed by atoms with van der Waals surface area (Å²) in [4.78, 5) is 14.7. The van der Waals surface area contributed by atoms with Crippen LogP contribution in [0.5, 0.6) is 0 Å². The molecule has 0 saturated heterocycles. The number of carbonyl (C=O) groups excluding carboxylic acids is 1. The minimum Gasteiger partial charge on any atom is -0.338 e. The third kappa shape index (κ3) is 3.94. The number of carbonyl (C=O) groups is 1. The van der Waals surface area contributed by atoms with Crippen molar-refractivity contribution in [3.8, 4) is 0 Å². The fraction of sp³-hybridized carbons (Fsp3) is 0.133. The first kappa shape index (κ1) is 13.8. The average molecular weight is 292 g/mol. The van der Waals surface area contributed by atoms with Gasteiger partial charge < -0.3 is 4.90 Å². The normalized spacial score (nSPS) is 10.8. The van der Waals surface area contributed by atoms with Crippen molar-refractivity contribution in [2.45, 2.75) is 6.54 Å². The molecule has 0 fully saturated rings. The van der Waals surface area contributed by atoms with E-state index in [9.17, 15) is 4.79 Å². The molecule has 2 nitrogen and oxygen atoms in total. The maximum atomic E-state index is 12.0. The molecule has 2 rings (SSSR count). The summed E-state index contributed by atoms with van der Waals surface area (Å²) in [5.74, 6) is -0.0340. The van der Waals surface area contributed by atoms with Crippen molar-refractivity contribution in [3.63, 3.8) is 0 Å². The summed E-state index contributed by atoms with van der Waals surface area (Å²) in [7, 11) is 1.77. The van der Waals surface area contributed by atoms with Crippen LogP contribution < -0.4 is 0 Å². The molecule has 1 amide bonds. The predicted molar refractivity (Wildman–Crippen MR) is 81.3 cm³/mol. The Balaban J connectivity index is 1.98. The molecule has 98 valence electrons. The second kappa shape index (κ2) is 6.55. The Morgan fingerprint density at radius 2 is 2.11 bits per heavy atom. The summed E-state index contributed by atoms with van der Waals surface area (Å²) in [6.07, 6.45) is 3.42. The molecule has 2 aromatic rings. The molecular weight excluding hydrogens is 278 g/mol. The lowest BCUT2D eigenvalue weighted by Crippen LogP contribution is -2.24. The predicted octanol–water partition coefficient (Wildman–Crippen LogP) is 4.07. The Kier molecular flexibility index (Phi) is 4.77. The molecule has 4 heteroatoms. The number of thiophene rings is 1. The van der Waals surface area contributed by atoms with E-state index in [0.29, 0.717) is 11.6 Å². The quantitative estimate of drug-likeness (QED) is 0.778. The lowest BCUT2D eigenvalue weighted by molar-refractivity contribution is -0.125. The van der Waals surface area contributed by atoms with Crippen LogP contribution in [-0.2, 0) is 11.3 Å². The second-order valence-corrected chi connectivity index (χ2v) is 5.52. The number of likely N-dealkylation sites (N-methyl/N-ethyl adjacent to an activating group) is 1. The minimum absolute atomic E-state index is 0.0340. The molecule has 19 heavy (non-hydrogen) atoms. The Labute approximate surface area is 121 Å². The number of hydrogen-bond donors (Lipinski definition) is 0. The molecule has 0 aliphatic rings. The number of benzene rings is 1. The average Bonchev–Trinajstić information content (AvgIpc) is 2.91. The van der Waals surface area contributed by atoms with Crippen LogP contribution in [0.25, 0.3) is 6.08 Å². The SMILES string of the molecule is CN(Cc1ccccc1Cl)C(=O)C=Cc1cccs1. The summed E-state index contributed by atoms with van der Waals surface area (Å²) in [5, 5.41) is 2.67. The molecule has 1 aromatic heterocycles. The maximum absolute atomic E-state index is 12.0. The summed E-state index contributed by atoms with van der Waals surface area (Å²) < 4.78 is 0. The molecule has 1 heterocycles. The van der Waals surface area contributed by atoms with E-state index < -0.39 is 0 Å². The molecule has 1 aromatic carbocycles. The van der Waals surface area contributed by atoms with Crippen LogP contribution in [0.3, 0.4) is 0 Å². The Morgan fingerprint density at radius 3 is 2.79 bits per heavy atom. The first-order valence-corrected chi connectivity index (χ1v) is 7.12. The van der Waals surface area contributed by atoms with Crippen LogP contribution in [0.4, 0.5) is 0 Å². The number of nitrogens with zero attached hydrogens (tertiary/aromatic N) is 1. The first-order chi connectivity index (χ1) is 9.16. The number of rotatable bonds is 4. The van der Waals surface area contributed by atoms with Gasteiger partial charge in [-0.2, -0.15) is 0 Å². The van der Waals surface area contributed by atoms with Crippen LogP contribution in [-0.4, -0.2) is 17.9 Å². The summed E-state index contributed by atoms with van der Waals surface area (Å²) >= 11 is 7.68. The topological polar surface area (TPSA) is 20.3 Å². The van der Waals surface area contributed by atoms with Gasteiger partial charge in [0.25, 0.3) is 0 Å². The smallest absolute Gasteiger partial charge is 0.246 e. The van der Waals surface area contributed by atoms with Crippen molar-refractivity contribution in [2.24, 2.45) is 0 Å². The number of halogens is 1. The second-order valence-electron chi connectivity index (χ2n) is 4.13. The van der Waals surface area contributed by atoms with Gasteiger partial charge in [-0.05, 0) is 29.2 Å². The molecular formula is C15H14ClNOS. The molecule has 0 bridgehead atoms. The van der Waals surface area contributed by atoms with Crippen molar-refractivity contribution in [1.82, 2.24) is 4.90 Å². The van der Waals surface area contributed by atoms with Gasteiger partial charge in [-0.3, -0.25) is 4.79 Å². The van der Waals surface area contributed by atoms with Gasteiger partial charge >= 0.3 is 0 Å². The Hall–Kier alpha value is -1.58. The molecule has 0 aliphatic heterocycles. The molecule has 0 aliphatic carbocycles. The zero-order valence-electron chi connectivity index (χ0n) is 10.5. The van der Waals surface area contributed by atoms with E-state index in [4.69, 9.17) is 11.6 Å². The van der Waals surface area contributed by atoms with Gasteiger partial charge in [0.15, 0.2) is 0 Å². The fourth-order valence-electron chi connectivity index (χ4n) is 1.63. The van der Waals surface area contributed by atoms with Gasteiger partial charge in [0.05, 0.1) is 0 Å². The Morgan fingerprint density at radius 1 is 1.32 bits per heavy atom. The van der Waals surface area contributed by atoms with Crippen molar-refractivity contribution in [3.05, 3.63) is 63.3 Å². The van der Waals surface area contributed by atoms with Crippen LogP contribution in [0, 0.1) is 0 Å². The molecule has 0 spiro atoms. The largest absolute Gasteiger partial charge is 0.338 e. The van der Waals surface area contributed by atoms with Crippen molar-refractivity contribution in [1.29, 1.82) is 0 Å². The molecule has 0 atom stereocenters. The third-order valence-electron chi connectivity index (χ3n) is 2.67. The van der Waals surface area contributed by atoms with E-state index in [-0.39, 0.29) is 5.91 Å². The summed E-state index contributed by atoms with van der Waals surface area (Å²) in [6.45, 7) is 0.507. The molecule has 0 saturated carbocycles. The minimum atomic E-state index is -0.0340. The molecule has 0 unspecified atom stereocenters. The zero-order chi connectivity index (χ0) is 13.7. The van der Waals surface area contributed by atoms with Gasteiger partial charge in [0, 0.05) is 29.6 Å². The highest BCUT2D eigenvalue weighted by molar-refractivity contribution is 7.10. The van der Waals surface area contributed by atoms with Crippen LogP contribution in [0.2, 0.25) is 5.02 Å². The van der Waals surface area contributed by atoms with Crippen molar-refractivity contribution in [2.75, 3.05) is 7.05 Å². The lowest BCUT2D eigenvalue weighted by atomic mass is 10.2. The van der Waals surface area contributed by atoms with E-state index in [2.05, 4.69) is 0 Å². The van der Waals surface area contributed by atoms with E-state index in [1.165, 1.54) is 0 Å². The van der Waals surface area contributed by atoms with Gasteiger partial charge in [0.2, 0.25) is 5.91 Å². The van der Waals surface area contributed by atoms with E-state index in [0.717, 1.165) is 10.4 Å². The number of amides is 1. The third-order valence-corrected chi connectivity index (χ3v) is 3.88. The zero-order valence-corrected chi connectivity index (χ0v) is 12.1. The lowest BCUT2D eigenvalue weighted by Gasteiger charge is -2.15. The van der Waals surface area contributed by atoms with E-state index in [1.807, 2.05) is 47.9 Å². The van der Waals surface area contributed by atoms with E-state index in [1.54, 1.807) is 29.4 Å². The highest BCUT2D eigenvalue weighted by atomic mass is 35.5. The number of hydrogen-bond acceptors (Lipinski definition) is 2. The standard InChI is InChI=1S/C15H14ClNOS/c1-17(11-12-5-2-3-7-14(12)16)15(18)9-8-13-6-4-10-19-13/h2-10H,11H2,1H3. The molecule has 0 N–H and O–H groups in total. The van der Waals surface area contributed by atoms with Crippen LogP contribution >= 0.6 is 22.9 Å². The highest BCUT2D eigenvalue weighted by Gasteiger charge is 2.07. The highest BCUT2D eigenvalue weighted by Crippen LogP contribution is 2.17. The monoisotopic (exact) mass is 291 g/mol. The van der Waals surface area contributed by atoms with Gasteiger partial charge in [-0.15, -0.1) is 11.3 Å². The van der Waals surface area contributed by atoms with Crippen LogP contribution in [0.1, 0.15) is 10.4 Å². The van der Waals surface area contributed by atoms with Gasteiger partial charge in [-0.25, -0.2) is 0 Å². The van der Waals surface area contributed by atoms with Crippen molar-refractivity contribution >= 4 is 34.9 Å². The van der Waals surface area contributed by atoms with E-state index >= 15 is 0 Å². The Bertz CT molecular complexity index is 578. The van der Waals surface area contributed by atoms with Crippen LogP contribution in [0.15, 0.2) is 47.9 Å². The van der Waals surface area contributed by atoms with Gasteiger partial charge in [-0.1, -0.05) is 35.9 Å². The molecule has 0 radical (unpaired) electrons. The fourth-order valence-corrected chi connectivity index (χ4v) is 2.44.